The summed E-state index contributed by atoms with van der Waals surface area (Å²) in [5, 5.41) is 3.86. The normalized spacial score (nSPS) is 10.0. The fourth-order valence-electron chi connectivity index (χ4n) is 1.17. The van der Waals surface area contributed by atoms with Gasteiger partial charge in [-0.25, -0.2) is 9.97 Å². The van der Waals surface area contributed by atoms with E-state index in [1.54, 1.807) is 6.20 Å². The largest absolute Gasteiger partial charge is 0.250 e. The van der Waals surface area contributed by atoms with Crippen LogP contribution in [0.15, 0.2) is 37.1 Å². The molecule has 14 heavy (non-hydrogen) atoms. The molecule has 0 atom stereocenters. The van der Waals surface area contributed by atoms with Gasteiger partial charge in [0.25, 0.3) is 0 Å². The molecule has 0 aliphatic rings. The summed E-state index contributed by atoms with van der Waals surface area (Å²) < 4.78 is 0. The molecular formula is C11H9N2S. The van der Waals surface area contributed by atoms with Crippen LogP contribution in [0, 0.1) is 5.38 Å². The van der Waals surface area contributed by atoms with Crippen molar-refractivity contribution in [3.8, 4) is 10.7 Å². The van der Waals surface area contributed by atoms with Crippen LogP contribution in [0.4, 0.5) is 0 Å². The average molecular weight is 201 g/mol. The fourth-order valence-corrected chi connectivity index (χ4v) is 1.71. The summed E-state index contributed by atoms with van der Waals surface area (Å²) in [4.78, 5) is 8.62. The van der Waals surface area contributed by atoms with Gasteiger partial charge in [-0.05, 0) is 12.1 Å². The molecule has 0 amide bonds. The van der Waals surface area contributed by atoms with E-state index < -0.39 is 0 Å². The number of thiazole rings is 1. The maximum Gasteiger partial charge on any atom is 0.142 e. The van der Waals surface area contributed by atoms with Crippen LogP contribution in [-0.2, 0) is 6.42 Å². The first-order chi connectivity index (χ1) is 6.90. The van der Waals surface area contributed by atoms with Gasteiger partial charge in [-0.1, -0.05) is 12.1 Å². The van der Waals surface area contributed by atoms with Crippen molar-refractivity contribution in [3.05, 3.63) is 48.1 Å². The minimum Gasteiger partial charge on any atom is -0.250 e. The van der Waals surface area contributed by atoms with E-state index in [4.69, 9.17) is 0 Å². The fraction of sp³-hybridized carbons (Fsp3) is 0.0909. The van der Waals surface area contributed by atoms with Crippen molar-refractivity contribution in [2.24, 2.45) is 0 Å². The number of rotatable bonds is 3. The summed E-state index contributed by atoms with van der Waals surface area (Å²) in [6.07, 6.45) is 4.31. The van der Waals surface area contributed by atoms with Crippen molar-refractivity contribution >= 4 is 11.3 Å². The second-order valence-corrected chi connectivity index (χ2v) is 3.62. The Balaban J connectivity index is 2.35. The van der Waals surface area contributed by atoms with Gasteiger partial charge in [0.05, 0.1) is 11.1 Å². The molecule has 2 nitrogen and oxygen atoms in total. The van der Waals surface area contributed by atoms with E-state index in [1.165, 1.54) is 11.3 Å². The highest BCUT2D eigenvalue weighted by atomic mass is 32.1. The minimum atomic E-state index is 0.795. The maximum atomic E-state index is 4.46. The van der Waals surface area contributed by atoms with Crippen LogP contribution in [0.1, 0.15) is 5.69 Å². The second-order valence-electron chi connectivity index (χ2n) is 2.79. The Hall–Kier alpha value is -1.48. The zero-order valence-corrected chi connectivity index (χ0v) is 8.42. The summed E-state index contributed by atoms with van der Waals surface area (Å²) in [6.45, 7) is 3.69. The number of hydrogen-bond acceptors (Lipinski definition) is 3. The predicted octanol–water partition coefficient (Wildman–Crippen LogP) is 2.73. The molecule has 0 aromatic carbocycles. The number of aromatic nitrogens is 2. The Morgan fingerprint density at radius 2 is 2.43 bits per heavy atom. The van der Waals surface area contributed by atoms with Gasteiger partial charge in [-0.3, -0.25) is 0 Å². The van der Waals surface area contributed by atoms with Crippen molar-refractivity contribution in [3.63, 3.8) is 0 Å². The van der Waals surface area contributed by atoms with Crippen molar-refractivity contribution < 1.29 is 0 Å². The molecule has 2 heterocycles. The quantitative estimate of drug-likeness (QED) is 0.713. The molecule has 2 rings (SSSR count). The molecule has 0 aliphatic heterocycles. The van der Waals surface area contributed by atoms with Gasteiger partial charge < -0.3 is 0 Å². The molecule has 0 saturated carbocycles. The zero-order chi connectivity index (χ0) is 9.80. The first kappa shape index (κ1) is 9.09. The predicted molar refractivity (Wildman–Crippen MR) is 58.1 cm³/mol. The van der Waals surface area contributed by atoms with Gasteiger partial charge in [-0.15, -0.1) is 17.9 Å². The molecule has 0 fully saturated rings. The number of hydrogen-bond donors (Lipinski definition) is 0. The summed E-state index contributed by atoms with van der Waals surface area (Å²) in [5.74, 6) is 0. The van der Waals surface area contributed by atoms with Crippen LogP contribution in [0.2, 0.25) is 0 Å². The van der Waals surface area contributed by atoms with E-state index >= 15 is 0 Å². The molecule has 0 bridgehead atoms. The van der Waals surface area contributed by atoms with Gasteiger partial charge in [0.2, 0.25) is 0 Å². The second kappa shape index (κ2) is 4.15. The van der Waals surface area contributed by atoms with E-state index in [1.807, 2.05) is 24.3 Å². The van der Waals surface area contributed by atoms with Crippen LogP contribution in [0.25, 0.3) is 10.7 Å². The SMILES string of the molecule is C=CCc1cccc(-c2nc[c]s2)n1. The first-order valence-corrected chi connectivity index (χ1v) is 5.11. The van der Waals surface area contributed by atoms with E-state index in [2.05, 4.69) is 21.9 Å². The molecule has 69 valence electrons. The molecular weight excluding hydrogens is 192 g/mol. The Morgan fingerprint density at radius 1 is 1.50 bits per heavy atom. The van der Waals surface area contributed by atoms with Crippen molar-refractivity contribution in [1.29, 1.82) is 0 Å². The number of allylic oxidation sites excluding steroid dienone is 1. The highest BCUT2D eigenvalue weighted by Crippen LogP contribution is 2.18. The summed E-state index contributed by atoms with van der Waals surface area (Å²) >= 11 is 1.48. The molecule has 1 radical (unpaired) electrons. The van der Waals surface area contributed by atoms with E-state index in [-0.39, 0.29) is 0 Å². The third-order valence-corrected chi connectivity index (χ3v) is 2.50. The monoisotopic (exact) mass is 201 g/mol. The topological polar surface area (TPSA) is 25.8 Å². The Labute approximate surface area is 87.0 Å². The van der Waals surface area contributed by atoms with Crippen LogP contribution in [0.5, 0.6) is 0 Å². The van der Waals surface area contributed by atoms with Crippen molar-refractivity contribution in [1.82, 2.24) is 9.97 Å². The molecule has 0 N–H and O–H groups in total. The van der Waals surface area contributed by atoms with E-state index in [0.717, 1.165) is 22.8 Å². The van der Waals surface area contributed by atoms with Crippen molar-refractivity contribution in [2.75, 3.05) is 0 Å². The van der Waals surface area contributed by atoms with Gasteiger partial charge in [0, 0.05) is 18.3 Å². The molecule has 0 aliphatic carbocycles. The lowest BCUT2D eigenvalue weighted by Crippen LogP contribution is -1.89. The average Bonchev–Trinajstić information content (AvgIpc) is 2.71. The van der Waals surface area contributed by atoms with Gasteiger partial charge >= 0.3 is 0 Å². The standard InChI is InChI=1S/C11H9N2S/c1-2-4-9-5-3-6-10(13-9)11-12-7-8-14-11/h2-3,5-7H,1,4H2. The highest BCUT2D eigenvalue weighted by molar-refractivity contribution is 7.12. The highest BCUT2D eigenvalue weighted by Gasteiger charge is 2.01. The summed E-state index contributed by atoms with van der Waals surface area (Å²) in [7, 11) is 0. The van der Waals surface area contributed by atoms with Crippen LogP contribution < -0.4 is 0 Å². The molecule has 0 spiro atoms. The maximum absolute atomic E-state index is 4.46. The van der Waals surface area contributed by atoms with Gasteiger partial charge in [0.1, 0.15) is 5.01 Å². The molecule has 2 aromatic heterocycles. The van der Waals surface area contributed by atoms with E-state index in [9.17, 15) is 0 Å². The lowest BCUT2D eigenvalue weighted by molar-refractivity contribution is 1.11. The lowest BCUT2D eigenvalue weighted by Gasteiger charge is -1.98. The Morgan fingerprint density at radius 3 is 3.14 bits per heavy atom. The lowest BCUT2D eigenvalue weighted by atomic mass is 10.2. The smallest absolute Gasteiger partial charge is 0.142 e. The molecule has 0 unspecified atom stereocenters. The van der Waals surface area contributed by atoms with Crippen LogP contribution in [-0.4, -0.2) is 9.97 Å². The minimum absolute atomic E-state index is 0.795. The van der Waals surface area contributed by atoms with E-state index in [0.29, 0.717) is 0 Å². The molecule has 0 saturated heterocycles. The van der Waals surface area contributed by atoms with Crippen LogP contribution >= 0.6 is 11.3 Å². The van der Waals surface area contributed by atoms with Gasteiger partial charge in [0.15, 0.2) is 0 Å². The van der Waals surface area contributed by atoms with Gasteiger partial charge in [-0.2, -0.15) is 0 Å². The zero-order valence-electron chi connectivity index (χ0n) is 7.60. The van der Waals surface area contributed by atoms with Crippen LogP contribution in [0.3, 0.4) is 0 Å². The molecule has 3 heteroatoms. The Bertz CT molecular complexity index is 421. The number of nitrogens with zero attached hydrogens (tertiary/aromatic N) is 2. The Kier molecular flexibility index (Phi) is 2.70. The third-order valence-electron chi connectivity index (χ3n) is 1.77. The summed E-state index contributed by atoms with van der Waals surface area (Å²) in [6, 6.07) is 5.93. The first-order valence-electron chi connectivity index (χ1n) is 4.29. The summed E-state index contributed by atoms with van der Waals surface area (Å²) in [5.41, 5.74) is 1.93. The molecule has 2 aromatic rings. The third kappa shape index (κ3) is 1.88. The number of pyridine rings is 1. The van der Waals surface area contributed by atoms with Crippen molar-refractivity contribution in [2.45, 2.75) is 6.42 Å².